The number of aliphatic hydroxyl groups excluding tert-OH is 1. The predicted octanol–water partition coefficient (Wildman–Crippen LogP) is 2.57. The number of nitrogens with zero attached hydrogens (tertiary/aromatic N) is 1. The SMILES string of the molecule is OC(CC1CCCN1CC1CCNCC1)c1ccccc1. The molecule has 21 heavy (non-hydrogen) atoms. The summed E-state index contributed by atoms with van der Waals surface area (Å²) in [6, 6.07) is 10.7. The normalized spacial score (nSPS) is 26.0. The molecule has 0 aliphatic carbocycles. The molecule has 2 fully saturated rings. The van der Waals surface area contributed by atoms with Gasteiger partial charge < -0.3 is 10.4 Å². The fourth-order valence-electron chi connectivity index (χ4n) is 3.87. The first-order valence-corrected chi connectivity index (χ1v) is 8.50. The smallest absolute Gasteiger partial charge is 0.0805 e. The number of hydrogen-bond acceptors (Lipinski definition) is 3. The lowest BCUT2D eigenvalue weighted by atomic mass is 9.96. The molecule has 1 aromatic rings. The average Bonchev–Trinajstić information content (AvgIpc) is 2.96. The van der Waals surface area contributed by atoms with Gasteiger partial charge in [0.2, 0.25) is 0 Å². The van der Waals surface area contributed by atoms with Crippen molar-refractivity contribution in [2.75, 3.05) is 26.2 Å². The van der Waals surface area contributed by atoms with Crippen molar-refractivity contribution < 1.29 is 5.11 Å². The second-order valence-electron chi connectivity index (χ2n) is 6.65. The first-order valence-electron chi connectivity index (χ1n) is 8.50. The highest BCUT2D eigenvalue weighted by molar-refractivity contribution is 5.17. The van der Waals surface area contributed by atoms with Gasteiger partial charge in [0.1, 0.15) is 0 Å². The Bertz CT molecular complexity index is 416. The van der Waals surface area contributed by atoms with E-state index in [1.54, 1.807) is 0 Å². The van der Waals surface area contributed by atoms with Crippen molar-refractivity contribution in [2.45, 2.75) is 44.2 Å². The van der Waals surface area contributed by atoms with Crippen LogP contribution in [0.25, 0.3) is 0 Å². The summed E-state index contributed by atoms with van der Waals surface area (Å²) in [6.07, 6.45) is 5.72. The molecule has 3 nitrogen and oxygen atoms in total. The van der Waals surface area contributed by atoms with E-state index in [4.69, 9.17) is 0 Å². The third kappa shape index (κ3) is 4.06. The molecule has 3 heteroatoms. The standard InChI is InChI=1S/C18H28N2O/c21-18(16-5-2-1-3-6-16)13-17-7-4-12-20(17)14-15-8-10-19-11-9-15/h1-3,5-6,15,17-19,21H,4,7-14H2. The van der Waals surface area contributed by atoms with Crippen LogP contribution >= 0.6 is 0 Å². The topological polar surface area (TPSA) is 35.5 Å². The van der Waals surface area contributed by atoms with Crippen LogP contribution in [0.4, 0.5) is 0 Å². The largest absolute Gasteiger partial charge is 0.388 e. The van der Waals surface area contributed by atoms with E-state index in [1.165, 1.54) is 51.9 Å². The van der Waals surface area contributed by atoms with Gasteiger partial charge in [-0.3, -0.25) is 4.90 Å². The first kappa shape index (κ1) is 15.0. The summed E-state index contributed by atoms with van der Waals surface area (Å²) >= 11 is 0. The molecule has 2 unspecified atom stereocenters. The molecule has 0 amide bonds. The van der Waals surface area contributed by atoms with Gasteiger partial charge in [-0.2, -0.15) is 0 Å². The lowest BCUT2D eigenvalue weighted by Crippen LogP contribution is -2.39. The number of nitrogens with one attached hydrogen (secondary N) is 1. The minimum atomic E-state index is -0.315. The van der Waals surface area contributed by atoms with Crippen molar-refractivity contribution in [3.63, 3.8) is 0 Å². The second kappa shape index (κ2) is 7.39. The summed E-state index contributed by atoms with van der Waals surface area (Å²) in [5.74, 6) is 0.848. The van der Waals surface area contributed by atoms with E-state index in [0.29, 0.717) is 6.04 Å². The molecule has 2 saturated heterocycles. The van der Waals surface area contributed by atoms with E-state index in [2.05, 4.69) is 10.2 Å². The van der Waals surface area contributed by atoms with Gasteiger partial charge in [0, 0.05) is 12.6 Å². The number of aliphatic hydroxyl groups is 1. The molecule has 2 N–H and O–H groups in total. The summed E-state index contributed by atoms with van der Waals surface area (Å²) < 4.78 is 0. The average molecular weight is 288 g/mol. The lowest BCUT2D eigenvalue weighted by Gasteiger charge is -2.32. The van der Waals surface area contributed by atoms with Crippen LogP contribution in [-0.2, 0) is 0 Å². The molecular weight excluding hydrogens is 260 g/mol. The van der Waals surface area contributed by atoms with E-state index in [0.717, 1.165) is 17.9 Å². The maximum Gasteiger partial charge on any atom is 0.0805 e. The summed E-state index contributed by atoms with van der Waals surface area (Å²) in [5.41, 5.74) is 1.06. The van der Waals surface area contributed by atoms with Gasteiger partial charge in [0.05, 0.1) is 6.10 Å². The van der Waals surface area contributed by atoms with Gasteiger partial charge in [-0.1, -0.05) is 30.3 Å². The highest BCUT2D eigenvalue weighted by atomic mass is 16.3. The summed E-state index contributed by atoms with van der Waals surface area (Å²) in [7, 11) is 0. The molecule has 2 heterocycles. The van der Waals surface area contributed by atoms with Crippen molar-refractivity contribution in [1.29, 1.82) is 0 Å². The number of piperidine rings is 1. The monoisotopic (exact) mass is 288 g/mol. The van der Waals surface area contributed by atoms with Crippen LogP contribution in [0.1, 0.15) is 43.8 Å². The second-order valence-corrected chi connectivity index (χ2v) is 6.65. The fraction of sp³-hybridized carbons (Fsp3) is 0.667. The Morgan fingerprint density at radius 1 is 1.14 bits per heavy atom. The van der Waals surface area contributed by atoms with Gasteiger partial charge in [-0.25, -0.2) is 0 Å². The fourth-order valence-corrected chi connectivity index (χ4v) is 3.87. The maximum absolute atomic E-state index is 10.5. The molecule has 0 saturated carbocycles. The Kier molecular flexibility index (Phi) is 5.28. The number of hydrogen-bond donors (Lipinski definition) is 2. The molecule has 116 valence electrons. The molecule has 0 aromatic heterocycles. The molecule has 1 aromatic carbocycles. The highest BCUT2D eigenvalue weighted by Gasteiger charge is 2.29. The van der Waals surface area contributed by atoms with E-state index in [1.807, 2.05) is 30.3 Å². The van der Waals surface area contributed by atoms with Crippen molar-refractivity contribution in [1.82, 2.24) is 10.2 Å². The number of benzene rings is 1. The van der Waals surface area contributed by atoms with Crippen LogP contribution < -0.4 is 5.32 Å². The Morgan fingerprint density at radius 3 is 2.67 bits per heavy atom. The summed E-state index contributed by atoms with van der Waals surface area (Å²) in [5, 5.41) is 13.9. The van der Waals surface area contributed by atoms with Crippen LogP contribution in [0.2, 0.25) is 0 Å². The molecule has 2 aliphatic rings. The molecule has 0 radical (unpaired) electrons. The van der Waals surface area contributed by atoms with Crippen molar-refractivity contribution in [3.8, 4) is 0 Å². The minimum Gasteiger partial charge on any atom is -0.388 e. The molecule has 2 atom stereocenters. The Morgan fingerprint density at radius 2 is 1.90 bits per heavy atom. The van der Waals surface area contributed by atoms with E-state index in [9.17, 15) is 5.11 Å². The molecule has 0 spiro atoms. The van der Waals surface area contributed by atoms with Crippen LogP contribution in [0.5, 0.6) is 0 Å². The molecule has 3 rings (SSSR count). The van der Waals surface area contributed by atoms with Gasteiger partial charge in [0.25, 0.3) is 0 Å². The molecule has 2 aliphatic heterocycles. The number of likely N-dealkylation sites (tertiary alicyclic amines) is 1. The van der Waals surface area contributed by atoms with Crippen LogP contribution in [0.3, 0.4) is 0 Å². The van der Waals surface area contributed by atoms with Gasteiger partial charge in [0.15, 0.2) is 0 Å². The minimum absolute atomic E-state index is 0.315. The Hall–Kier alpha value is -0.900. The summed E-state index contributed by atoms with van der Waals surface area (Å²) in [6.45, 7) is 4.80. The zero-order valence-corrected chi connectivity index (χ0v) is 12.9. The zero-order chi connectivity index (χ0) is 14.5. The predicted molar refractivity (Wildman–Crippen MR) is 86.2 cm³/mol. The third-order valence-corrected chi connectivity index (χ3v) is 5.13. The molecular formula is C18H28N2O. The van der Waals surface area contributed by atoms with Gasteiger partial charge >= 0.3 is 0 Å². The van der Waals surface area contributed by atoms with E-state index >= 15 is 0 Å². The van der Waals surface area contributed by atoms with E-state index in [-0.39, 0.29) is 6.10 Å². The van der Waals surface area contributed by atoms with Crippen molar-refractivity contribution in [2.24, 2.45) is 5.92 Å². The van der Waals surface area contributed by atoms with Crippen LogP contribution in [0.15, 0.2) is 30.3 Å². The Balaban J connectivity index is 1.54. The third-order valence-electron chi connectivity index (χ3n) is 5.13. The number of rotatable bonds is 5. The van der Waals surface area contributed by atoms with Crippen LogP contribution in [0, 0.1) is 5.92 Å². The molecule has 0 bridgehead atoms. The van der Waals surface area contributed by atoms with E-state index < -0.39 is 0 Å². The Labute approximate surface area is 128 Å². The maximum atomic E-state index is 10.5. The lowest BCUT2D eigenvalue weighted by molar-refractivity contribution is 0.109. The first-order chi connectivity index (χ1) is 10.3. The van der Waals surface area contributed by atoms with Gasteiger partial charge in [-0.15, -0.1) is 0 Å². The van der Waals surface area contributed by atoms with Gasteiger partial charge in [-0.05, 0) is 63.2 Å². The van der Waals surface area contributed by atoms with Crippen LogP contribution in [-0.4, -0.2) is 42.2 Å². The zero-order valence-electron chi connectivity index (χ0n) is 12.9. The van der Waals surface area contributed by atoms with Crippen molar-refractivity contribution >= 4 is 0 Å². The quantitative estimate of drug-likeness (QED) is 0.874. The van der Waals surface area contributed by atoms with Crippen molar-refractivity contribution in [3.05, 3.63) is 35.9 Å². The summed E-state index contributed by atoms with van der Waals surface area (Å²) in [4.78, 5) is 2.64. The highest BCUT2D eigenvalue weighted by Crippen LogP contribution is 2.29.